The number of aldehydes is 1. The Balaban J connectivity index is 4.49. The van der Waals surface area contributed by atoms with Gasteiger partial charge in [-0.2, -0.15) is 0 Å². The molecule has 0 saturated carbocycles. The molecular weight excluding hydrogens is 589 g/mol. The summed E-state index contributed by atoms with van der Waals surface area (Å²) < 4.78 is 33.0. The minimum atomic E-state index is -4.68. The molecule has 0 radical (unpaired) electrons. The van der Waals surface area contributed by atoms with Gasteiger partial charge in [0.05, 0.1) is 27.7 Å². The minimum Gasteiger partial charge on any atom is -0.756 e. The van der Waals surface area contributed by atoms with Crippen LogP contribution in [0.15, 0.2) is 12.2 Å². The summed E-state index contributed by atoms with van der Waals surface area (Å²) in [6.45, 7) is 1.61. The number of ketones is 1. The first-order valence-electron chi connectivity index (χ1n) is 16.3. The molecule has 0 N–H and O–H groups in total. The SMILES string of the molecule is CCCCCCCCCCCCCCCC(=O)OCC(COP(=O)([O-])OCC[N+](C)(C)C)OC(=O)CCCC(=O)/C=C/C=O. The van der Waals surface area contributed by atoms with Crippen LogP contribution in [0.4, 0.5) is 0 Å². The highest BCUT2D eigenvalue weighted by Gasteiger charge is 2.21. The van der Waals surface area contributed by atoms with E-state index in [-0.39, 0.29) is 44.7 Å². The van der Waals surface area contributed by atoms with E-state index in [0.29, 0.717) is 23.7 Å². The third-order valence-corrected chi connectivity index (χ3v) is 7.77. The van der Waals surface area contributed by atoms with Crippen molar-refractivity contribution in [2.24, 2.45) is 0 Å². The van der Waals surface area contributed by atoms with Crippen molar-refractivity contribution >= 4 is 31.8 Å². The molecule has 0 bridgehead atoms. The van der Waals surface area contributed by atoms with Gasteiger partial charge < -0.3 is 27.9 Å². The summed E-state index contributed by atoms with van der Waals surface area (Å²) in [5.41, 5.74) is 0. The maximum absolute atomic E-state index is 12.3. The van der Waals surface area contributed by atoms with E-state index in [1.165, 1.54) is 57.8 Å². The van der Waals surface area contributed by atoms with Crippen LogP contribution >= 0.6 is 7.82 Å². The molecule has 0 aromatic heterocycles. The second-order valence-corrected chi connectivity index (χ2v) is 13.6. The van der Waals surface area contributed by atoms with E-state index >= 15 is 0 Å². The summed E-state index contributed by atoms with van der Waals surface area (Å²) in [6.07, 6.45) is 17.3. The lowest BCUT2D eigenvalue weighted by Gasteiger charge is -2.28. The van der Waals surface area contributed by atoms with Gasteiger partial charge in [-0.25, -0.2) is 0 Å². The third-order valence-electron chi connectivity index (χ3n) is 6.81. The predicted molar refractivity (Wildman–Crippen MR) is 168 cm³/mol. The minimum absolute atomic E-state index is 0.0323. The maximum Gasteiger partial charge on any atom is 0.306 e. The van der Waals surface area contributed by atoms with Crippen LogP contribution in [0, 0.1) is 0 Å². The Morgan fingerprint density at radius 3 is 1.84 bits per heavy atom. The zero-order chi connectivity index (χ0) is 33.1. The lowest BCUT2D eigenvalue weighted by Crippen LogP contribution is -2.37. The number of phosphoric ester groups is 1. The Labute approximate surface area is 265 Å². The smallest absolute Gasteiger partial charge is 0.306 e. The van der Waals surface area contributed by atoms with Gasteiger partial charge in [0.25, 0.3) is 7.82 Å². The van der Waals surface area contributed by atoms with Crippen LogP contribution in [0.2, 0.25) is 0 Å². The third kappa shape index (κ3) is 28.8. The van der Waals surface area contributed by atoms with Crippen molar-refractivity contribution in [2.45, 2.75) is 122 Å². The van der Waals surface area contributed by atoms with E-state index in [4.69, 9.17) is 18.5 Å². The molecule has 2 unspecified atom stereocenters. The quantitative estimate of drug-likeness (QED) is 0.0240. The molecule has 0 aromatic rings. The number of quaternary nitrogens is 1. The molecule has 0 aliphatic heterocycles. The summed E-state index contributed by atoms with van der Waals surface area (Å²) in [5.74, 6) is -1.48. The first kappa shape index (κ1) is 42.1. The summed E-state index contributed by atoms with van der Waals surface area (Å²) in [6, 6.07) is 0. The van der Waals surface area contributed by atoms with Crippen molar-refractivity contribution in [3.63, 3.8) is 0 Å². The Morgan fingerprint density at radius 2 is 1.30 bits per heavy atom. The van der Waals surface area contributed by atoms with Crippen LogP contribution in [0.5, 0.6) is 0 Å². The highest BCUT2D eigenvalue weighted by Crippen LogP contribution is 2.38. The fourth-order valence-electron chi connectivity index (χ4n) is 4.18. The fraction of sp³-hybridized carbons (Fsp3) is 0.812. The molecule has 0 aliphatic rings. The second kappa shape index (κ2) is 26.3. The second-order valence-electron chi connectivity index (χ2n) is 12.2. The summed E-state index contributed by atoms with van der Waals surface area (Å²) in [7, 11) is 0.964. The van der Waals surface area contributed by atoms with Crippen LogP contribution in [-0.2, 0) is 42.3 Å². The summed E-state index contributed by atoms with van der Waals surface area (Å²) >= 11 is 0. The highest BCUT2D eigenvalue weighted by molar-refractivity contribution is 7.45. The van der Waals surface area contributed by atoms with Crippen LogP contribution < -0.4 is 4.89 Å². The number of unbranched alkanes of at least 4 members (excludes halogenated alkanes) is 12. The summed E-state index contributed by atoms with van der Waals surface area (Å²) in [5, 5.41) is 0. The Bertz CT molecular complexity index is 872. The Kier molecular flexibility index (Phi) is 25.2. The van der Waals surface area contributed by atoms with Crippen molar-refractivity contribution in [1.29, 1.82) is 0 Å². The van der Waals surface area contributed by atoms with Gasteiger partial charge in [0.15, 0.2) is 11.9 Å². The van der Waals surface area contributed by atoms with E-state index in [9.17, 15) is 28.6 Å². The van der Waals surface area contributed by atoms with Gasteiger partial charge in [-0.15, -0.1) is 0 Å². The number of rotatable bonds is 30. The van der Waals surface area contributed by atoms with Gasteiger partial charge in [0.2, 0.25) is 0 Å². The van der Waals surface area contributed by atoms with Gasteiger partial charge in [-0.05, 0) is 25.0 Å². The number of carbonyl (C=O) groups excluding carboxylic acids is 4. The molecule has 0 heterocycles. The van der Waals surface area contributed by atoms with Crippen molar-refractivity contribution < 1.29 is 51.6 Å². The number of hydrogen-bond acceptors (Lipinski definition) is 10. The Hall–Kier alpha value is -1.91. The normalized spacial score (nSPS) is 13.8. The van der Waals surface area contributed by atoms with Crippen molar-refractivity contribution in [3.8, 4) is 0 Å². The molecule has 12 heteroatoms. The van der Waals surface area contributed by atoms with E-state index in [2.05, 4.69) is 6.92 Å². The molecule has 0 aliphatic carbocycles. The molecule has 11 nitrogen and oxygen atoms in total. The average molecular weight is 648 g/mol. The molecule has 0 rings (SSSR count). The monoisotopic (exact) mass is 647 g/mol. The lowest BCUT2D eigenvalue weighted by atomic mass is 10.0. The number of nitrogens with zero attached hydrogens (tertiary/aromatic N) is 1. The van der Waals surface area contributed by atoms with Crippen molar-refractivity contribution in [3.05, 3.63) is 12.2 Å². The van der Waals surface area contributed by atoms with Crippen molar-refractivity contribution in [1.82, 2.24) is 0 Å². The van der Waals surface area contributed by atoms with Crippen LogP contribution in [0.1, 0.15) is 116 Å². The van der Waals surface area contributed by atoms with Gasteiger partial charge in [0, 0.05) is 19.3 Å². The first-order valence-corrected chi connectivity index (χ1v) is 17.7. The number of phosphoric acid groups is 1. The predicted octanol–water partition coefficient (Wildman–Crippen LogP) is 5.63. The largest absolute Gasteiger partial charge is 0.756 e. The van der Waals surface area contributed by atoms with Gasteiger partial charge in [0.1, 0.15) is 26.0 Å². The molecule has 0 spiro atoms. The number of esters is 2. The van der Waals surface area contributed by atoms with Crippen molar-refractivity contribution in [2.75, 3.05) is 47.5 Å². The standard InChI is InChI=1S/C32H58NO10P/c1-5-6-7-8-9-10-11-12-13-14-15-16-17-22-31(36)40-27-30(28-42-44(38,39)41-26-24-33(2,3)4)43-32(37)23-18-20-29(35)21-19-25-34/h19,21,25,30H,5-18,20,22-24,26-28H2,1-4H3/b21-19+. The lowest BCUT2D eigenvalue weighted by molar-refractivity contribution is -0.870. The van der Waals surface area contributed by atoms with Crippen LogP contribution in [0.25, 0.3) is 0 Å². The number of carbonyl (C=O) groups is 4. The molecule has 256 valence electrons. The van der Waals surface area contributed by atoms with Gasteiger partial charge >= 0.3 is 11.9 Å². The van der Waals surface area contributed by atoms with E-state index < -0.39 is 32.5 Å². The zero-order valence-corrected chi connectivity index (χ0v) is 28.5. The van der Waals surface area contributed by atoms with Crippen LogP contribution in [0.3, 0.4) is 0 Å². The maximum atomic E-state index is 12.3. The molecule has 2 atom stereocenters. The first-order chi connectivity index (χ1) is 20.9. The molecule has 44 heavy (non-hydrogen) atoms. The van der Waals surface area contributed by atoms with Gasteiger partial charge in [-0.3, -0.25) is 23.7 Å². The molecule has 0 fully saturated rings. The van der Waals surface area contributed by atoms with Crippen LogP contribution in [-0.4, -0.2) is 82.1 Å². The Morgan fingerprint density at radius 1 is 0.750 bits per heavy atom. The van der Waals surface area contributed by atoms with E-state index in [1.807, 2.05) is 21.1 Å². The fourth-order valence-corrected chi connectivity index (χ4v) is 4.91. The molecular formula is C32H58NO10P. The summed E-state index contributed by atoms with van der Waals surface area (Å²) in [4.78, 5) is 58.7. The number of allylic oxidation sites excluding steroid dienone is 2. The number of likely N-dealkylation sites (N-methyl/N-ethyl adjacent to an activating group) is 1. The molecule has 0 amide bonds. The van der Waals surface area contributed by atoms with E-state index in [0.717, 1.165) is 31.4 Å². The van der Waals surface area contributed by atoms with Gasteiger partial charge in [-0.1, -0.05) is 84.0 Å². The molecule has 0 aromatic carbocycles. The topological polar surface area (TPSA) is 145 Å². The average Bonchev–Trinajstić information content (AvgIpc) is 2.95. The molecule has 0 saturated heterocycles. The number of ether oxygens (including phenoxy) is 2. The highest BCUT2D eigenvalue weighted by atomic mass is 31.2. The van der Waals surface area contributed by atoms with E-state index in [1.54, 1.807) is 0 Å². The zero-order valence-electron chi connectivity index (χ0n) is 27.6. The number of hydrogen-bond donors (Lipinski definition) is 0.